The van der Waals surface area contributed by atoms with Crippen molar-refractivity contribution >= 4 is 5.91 Å². The van der Waals surface area contributed by atoms with Crippen molar-refractivity contribution in [1.29, 1.82) is 0 Å². The Morgan fingerprint density at radius 3 is 3.09 bits per heavy atom. The zero-order valence-electron chi connectivity index (χ0n) is 12.9. The number of H-pyrrole nitrogens is 1. The summed E-state index contributed by atoms with van der Waals surface area (Å²) < 4.78 is 0. The van der Waals surface area contributed by atoms with Gasteiger partial charge in [-0.1, -0.05) is 24.3 Å². The van der Waals surface area contributed by atoms with Gasteiger partial charge in [0, 0.05) is 18.5 Å². The lowest BCUT2D eigenvalue weighted by Crippen LogP contribution is -2.39. The van der Waals surface area contributed by atoms with Crippen molar-refractivity contribution in [1.82, 2.24) is 14.9 Å². The Balaban J connectivity index is 1.48. The topological polar surface area (TPSA) is 66.1 Å². The number of aromatic nitrogens is 2. The summed E-state index contributed by atoms with van der Waals surface area (Å²) in [7, 11) is 0. The number of hydrogen-bond acceptors (Lipinski definition) is 3. The number of fused-ring (bicyclic) bond motifs is 2. The third-order valence-electron chi connectivity index (χ3n) is 5.04. The number of nitrogens with one attached hydrogen (secondary N) is 1. The second-order valence-corrected chi connectivity index (χ2v) is 6.36. The molecule has 0 saturated carbocycles. The minimum Gasteiger partial charge on any atom is -0.336 e. The van der Waals surface area contributed by atoms with E-state index in [0.29, 0.717) is 31.8 Å². The highest BCUT2D eigenvalue weighted by Crippen LogP contribution is 2.35. The maximum Gasteiger partial charge on any atom is 0.254 e. The molecule has 23 heavy (non-hydrogen) atoms. The number of benzene rings is 1. The first kappa shape index (κ1) is 14.2. The van der Waals surface area contributed by atoms with Crippen LogP contribution < -0.4 is 5.56 Å². The van der Waals surface area contributed by atoms with Crippen molar-refractivity contribution in [3.8, 4) is 0 Å². The van der Waals surface area contributed by atoms with Crippen LogP contribution >= 0.6 is 0 Å². The molecule has 1 aromatic heterocycles. The van der Waals surface area contributed by atoms with Crippen LogP contribution in [-0.4, -0.2) is 27.3 Å². The molecule has 0 bridgehead atoms. The van der Waals surface area contributed by atoms with Crippen LogP contribution in [0.2, 0.25) is 0 Å². The maximum absolute atomic E-state index is 12.7. The quantitative estimate of drug-likeness (QED) is 0.919. The molecule has 1 N–H and O–H groups in total. The van der Waals surface area contributed by atoms with Crippen LogP contribution in [0.1, 0.15) is 41.1 Å². The average molecular weight is 309 g/mol. The minimum atomic E-state index is -0.0770. The summed E-state index contributed by atoms with van der Waals surface area (Å²) in [4.78, 5) is 33.1. The lowest BCUT2D eigenvalue weighted by Gasteiger charge is -2.28. The zero-order valence-corrected chi connectivity index (χ0v) is 12.9. The van der Waals surface area contributed by atoms with Crippen molar-refractivity contribution < 1.29 is 4.79 Å². The first-order chi connectivity index (χ1) is 11.2. The molecular weight excluding hydrogens is 290 g/mol. The van der Waals surface area contributed by atoms with Gasteiger partial charge in [0.05, 0.1) is 18.6 Å². The fraction of sp³-hybridized carbons (Fsp3) is 0.389. The molecule has 0 radical (unpaired) electrons. The maximum atomic E-state index is 12.7. The number of aromatic amines is 1. The van der Waals surface area contributed by atoms with E-state index in [0.717, 1.165) is 24.1 Å². The standard InChI is InChI=1S/C18H19N3O2/c22-17(9-13-6-5-12-3-1-2-4-14(12)13)21-8-7-15-16(10-21)19-11-20-18(15)23/h1-4,11,13H,5-10H2,(H,19,20,23). The summed E-state index contributed by atoms with van der Waals surface area (Å²) in [5.74, 6) is 0.492. The molecule has 0 fully saturated rings. The van der Waals surface area contributed by atoms with E-state index in [4.69, 9.17) is 0 Å². The second kappa shape index (κ2) is 5.65. The molecule has 118 valence electrons. The fourth-order valence-electron chi connectivity index (χ4n) is 3.78. The van der Waals surface area contributed by atoms with Gasteiger partial charge in [0.1, 0.15) is 0 Å². The molecule has 2 aliphatic rings. The van der Waals surface area contributed by atoms with E-state index < -0.39 is 0 Å². The van der Waals surface area contributed by atoms with E-state index in [9.17, 15) is 9.59 Å². The van der Waals surface area contributed by atoms with E-state index in [1.54, 1.807) is 0 Å². The number of hydrogen-bond donors (Lipinski definition) is 1. The molecule has 1 aliphatic carbocycles. The van der Waals surface area contributed by atoms with Crippen LogP contribution in [0.15, 0.2) is 35.4 Å². The number of rotatable bonds is 2. The molecule has 1 amide bonds. The predicted molar refractivity (Wildman–Crippen MR) is 86.1 cm³/mol. The Labute approximate surface area is 134 Å². The van der Waals surface area contributed by atoms with Gasteiger partial charge in [-0.25, -0.2) is 4.98 Å². The smallest absolute Gasteiger partial charge is 0.254 e. The second-order valence-electron chi connectivity index (χ2n) is 6.36. The predicted octanol–water partition coefficient (Wildman–Crippen LogP) is 1.77. The Bertz CT molecular complexity index is 812. The van der Waals surface area contributed by atoms with Gasteiger partial charge in [-0.05, 0) is 36.3 Å². The largest absolute Gasteiger partial charge is 0.336 e. The van der Waals surface area contributed by atoms with Gasteiger partial charge in [-0.2, -0.15) is 0 Å². The lowest BCUT2D eigenvalue weighted by atomic mass is 9.96. The van der Waals surface area contributed by atoms with Crippen LogP contribution in [0.3, 0.4) is 0 Å². The summed E-state index contributed by atoms with van der Waals surface area (Å²) in [6.07, 6.45) is 4.67. The number of amides is 1. The van der Waals surface area contributed by atoms with Crippen LogP contribution in [-0.2, 0) is 24.2 Å². The van der Waals surface area contributed by atoms with Gasteiger partial charge in [0.15, 0.2) is 0 Å². The molecule has 1 aromatic carbocycles. The summed E-state index contributed by atoms with van der Waals surface area (Å²) in [6, 6.07) is 8.42. The van der Waals surface area contributed by atoms with Crippen molar-refractivity contribution in [2.24, 2.45) is 0 Å². The van der Waals surface area contributed by atoms with E-state index in [2.05, 4.69) is 34.2 Å². The molecule has 1 atom stereocenters. The molecule has 2 aromatic rings. The Morgan fingerprint density at radius 1 is 1.30 bits per heavy atom. The molecule has 5 heteroatoms. The number of aryl methyl sites for hydroxylation is 1. The van der Waals surface area contributed by atoms with Crippen LogP contribution in [0, 0.1) is 0 Å². The van der Waals surface area contributed by atoms with Gasteiger partial charge >= 0.3 is 0 Å². The van der Waals surface area contributed by atoms with Gasteiger partial charge in [0.2, 0.25) is 5.91 Å². The monoisotopic (exact) mass is 309 g/mol. The van der Waals surface area contributed by atoms with Gasteiger partial charge in [-0.3, -0.25) is 9.59 Å². The molecule has 1 unspecified atom stereocenters. The SMILES string of the molecule is O=C(CC1CCc2ccccc21)N1CCc2c(nc[nH]c2=O)C1. The molecule has 0 saturated heterocycles. The number of carbonyl (C=O) groups is 1. The van der Waals surface area contributed by atoms with Crippen LogP contribution in [0.5, 0.6) is 0 Å². The normalized spacial score (nSPS) is 19.3. The van der Waals surface area contributed by atoms with E-state index in [1.807, 2.05) is 4.90 Å². The number of carbonyl (C=O) groups excluding carboxylic acids is 1. The van der Waals surface area contributed by atoms with Gasteiger partial charge in [-0.15, -0.1) is 0 Å². The van der Waals surface area contributed by atoms with E-state index >= 15 is 0 Å². The summed E-state index contributed by atoms with van der Waals surface area (Å²) in [6.45, 7) is 1.06. The van der Waals surface area contributed by atoms with Crippen molar-refractivity contribution in [3.63, 3.8) is 0 Å². The number of nitrogens with zero attached hydrogens (tertiary/aromatic N) is 2. The first-order valence-electron chi connectivity index (χ1n) is 8.13. The highest BCUT2D eigenvalue weighted by molar-refractivity contribution is 5.77. The summed E-state index contributed by atoms with van der Waals surface area (Å²) >= 11 is 0. The summed E-state index contributed by atoms with van der Waals surface area (Å²) in [5.41, 5.74) is 4.09. The third-order valence-corrected chi connectivity index (χ3v) is 5.04. The Morgan fingerprint density at radius 2 is 2.17 bits per heavy atom. The summed E-state index contributed by atoms with van der Waals surface area (Å²) in [5, 5.41) is 0. The van der Waals surface area contributed by atoms with Crippen LogP contribution in [0.25, 0.3) is 0 Å². The van der Waals surface area contributed by atoms with E-state index in [-0.39, 0.29) is 11.5 Å². The highest BCUT2D eigenvalue weighted by Gasteiger charge is 2.28. The van der Waals surface area contributed by atoms with Gasteiger partial charge < -0.3 is 9.88 Å². The van der Waals surface area contributed by atoms with Crippen LogP contribution in [0.4, 0.5) is 0 Å². The molecule has 2 heterocycles. The van der Waals surface area contributed by atoms with E-state index in [1.165, 1.54) is 17.5 Å². The molecule has 4 rings (SSSR count). The van der Waals surface area contributed by atoms with Crippen molar-refractivity contribution in [2.45, 2.75) is 38.1 Å². The first-order valence-corrected chi connectivity index (χ1v) is 8.13. The fourth-order valence-corrected chi connectivity index (χ4v) is 3.78. The highest BCUT2D eigenvalue weighted by atomic mass is 16.2. The molecule has 1 aliphatic heterocycles. The zero-order chi connectivity index (χ0) is 15.8. The molecule has 0 spiro atoms. The van der Waals surface area contributed by atoms with Gasteiger partial charge in [0.25, 0.3) is 5.56 Å². The lowest BCUT2D eigenvalue weighted by molar-refractivity contribution is -0.132. The van der Waals surface area contributed by atoms with Crippen molar-refractivity contribution in [2.75, 3.05) is 6.54 Å². The molecular formula is C18H19N3O2. The Kier molecular flexibility index (Phi) is 3.48. The Hall–Kier alpha value is -2.43. The minimum absolute atomic E-state index is 0.0770. The average Bonchev–Trinajstić information content (AvgIpc) is 2.98. The third kappa shape index (κ3) is 2.56. The molecule has 5 nitrogen and oxygen atoms in total. The van der Waals surface area contributed by atoms with Crippen molar-refractivity contribution in [3.05, 3.63) is 63.3 Å².